The molecule has 0 aliphatic heterocycles. The van der Waals surface area contributed by atoms with Crippen LogP contribution in [0.4, 0.5) is 0 Å². The second kappa shape index (κ2) is 7.26. The Morgan fingerprint density at radius 3 is 2.80 bits per heavy atom. The van der Waals surface area contributed by atoms with Crippen LogP contribution in [0.25, 0.3) is 0 Å². The van der Waals surface area contributed by atoms with E-state index in [1.807, 2.05) is 0 Å². The van der Waals surface area contributed by atoms with E-state index < -0.39 is 6.04 Å². The average Bonchev–Trinajstić information content (AvgIpc) is 2.44. The highest BCUT2D eigenvalue weighted by Gasteiger charge is 2.19. The van der Waals surface area contributed by atoms with Gasteiger partial charge >= 0.3 is 0 Å². The van der Waals surface area contributed by atoms with Crippen LogP contribution < -0.4 is 11.1 Å². The molecule has 1 atom stereocenters. The summed E-state index contributed by atoms with van der Waals surface area (Å²) in [6.45, 7) is 1.83. The summed E-state index contributed by atoms with van der Waals surface area (Å²) in [6, 6.07) is 0.948. The third-order valence-electron chi connectivity index (χ3n) is 2.55. The van der Waals surface area contributed by atoms with Gasteiger partial charge in [-0.1, -0.05) is 11.8 Å². The van der Waals surface area contributed by atoms with Crippen LogP contribution in [0.2, 0.25) is 0 Å². The van der Waals surface area contributed by atoms with Gasteiger partial charge in [-0.15, -0.1) is 0 Å². The van der Waals surface area contributed by atoms with Gasteiger partial charge in [0.2, 0.25) is 5.91 Å². The van der Waals surface area contributed by atoms with Crippen molar-refractivity contribution in [3.8, 4) is 11.8 Å². The molecule has 2 amide bonds. The maximum atomic E-state index is 12.2. The molecule has 106 valence electrons. The van der Waals surface area contributed by atoms with E-state index in [-0.39, 0.29) is 18.4 Å². The van der Waals surface area contributed by atoms with Gasteiger partial charge in [0, 0.05) is 26.5 Å². The lowest BCUT2D eigenvalue weighted by Gasteiger charge is -2.18. The summed E-state index contributed by atoms with van der Waals surface area (Å²) in [5.74, 6) is 4.92. The minimum absolute atomic E-state index is 0.179. The van der Waals surface area contributed by atoms with Gasteiger partial charge < -0.3 is 16.0 Å². The molecule has 1 unspecified atom stereocenters. The molecule has 0 fully saturated rings. The smallest absolute Gasteiger partial charge is 0.253 e. The van der Waals surface area contributed by atoms with Gasteiger partial charge in [0.1, 0.15) is 6.04 Å². The summed E-state index contributed by atoms with van der Waals surface area (Å²) < 4.78 is 0. The quantitative estimate of drug-likeness (QED) is 0.734. The summed E-state index contributed by atoms with van der Waals surface area (Å²) in [4.78, 5) is 29.2. The monoisotopic (exact) mass is 274 g/mol. The molecule has 0 saturated heterocycles. The van der Waals surface area contributed by atoms with E-state index in [1.165, 1.54) is 17.3 Å². The van der Waals surface area contributed by atoms with E-state index in [4.69, 9.17) is 5.73 Å². The molecule has 0 aliphatic rings. The van der Waals surface area contributed by atoms with E-state index in [0.717, 1.165) is 0 Å². The van der Waals surface area contributed by atoms with Gasteiger partial charge in [-0.2, -0.15) is 0 Å². The highest BCUT2D eigenvalue weighted by atomic mass is 16.2. The molecule has 1 aromatic rings. The summed E-state index contributed by atoms with van der Waals surface area (Å²) in [7, 11) is 3.27. The van der Waals surface area contributed by atoms with Gasteiger partial charge in [-0.05, 0) is 13.0 Å². The number of rotatable bonds is 3. The van der Waals surface area contributed by atoms with Crippen molar-refractivity contribution in [3.05, 3.63) is 29.6 Å². The molecular formula is C14H18N4O2. The topological polar surface area (TPSA) is 88.3 Å². The van der Waals surface area contributed by atoms with Crippen molar-refractivity contribution in [1.82, 2.24) is 15.2 Å². The third kappa shape index (κ3) is 4.07. The van der Waals surface area contributed by atoms with Crippen molar-refractivity contribution >= 4 is 11.8 Å². The number of nitrogens with two attached hydrogens (primary N) is 1. The van der Waals surface area contributed by atoms with Gasteiger partial charge in [0.25, 0.3) is 5.91 Å². The zero-order valence-electron chi connectivity index (χ0n) is 11.8. The van der Waals surface area contributed by atoms with Crippen molar-refractivity contribution in [2.24, 2.45) is 5.73 Å². The van der Waals surface area contributed by atoms with Crippen LogP contribution in [0, 0.1) is 11.8 Å². The number of pyridine rings is 1. The first-order valence-corrected chi connectivity index (χ1v) is 6.12. The molecule has 0 saturated carbocycles. The number of aromatic nitrogens is 1. The summed E-state index contributed by atoms with van der Waals surface area (Å²) in [5, 5.41) is 2.64. The predicted octanol–water partition coefficient (Wildman–Crippen LogP) is -0.402. The fourth-order valence-electron chi connectivity index (χ4n) is 1.56. The number of amides is 2. The molecule has 0 aliphatic carbocycles. The van der Waals surface area contributed by atoms with Crippen molar-refractivity contribution in [2.75, 3.05) is 20.6 Å². The number of nitrogens with one attached hydrogen (secondary N) is 1. The molecular weight excluding hydrogens is 256 g/mol. The Hall–Kier alpha value is -2.39. The van der Waals surface area contributed by atoms with Crippen LogP contribution in [0.1, 0.15) is 22.8 Å². The Balaban J connectivity index is 2.90. The molecule has 0 spiro atoms. The lowest BCUT2D eigenvalue weighted by atomic mass is 10.1. The Kier molecular flexibility index (Phi) is 5.69. The molecule has 3 N–H and O–H groups in total. The largest absolute Gasteiger partial charge is 0.347 e. The molecule has 0 aromatic carbocycles. The van der Waals surface area contributed by atoms with E-state index >= 15 is 0 Å². The highest BCUT2D eigenvalue weighted by molar-refractivity contribution is 5.99. The number of carbonyl (C=O) groups excluding carboxylic acids is 2. The lowest BCUT2D eigenvalue weighted by molar-refractivity contribution is -0.130. The van der Waals surface area contributed by atoms with Crippen LogP contribution in [-0.2, 0) is 4.79 Å². The Morgan fingerprint density at radius 2 is 2.20 bits per heavy atom. The minimum atomic E-state index is -0.610. The number of hydrogen-bond acceptors (Lipinski definition) is 4. The van der Waals surface area contributed by atoms with Crippen LogP contribution in [0.15, 0.2) is 18.5 Å². The molecule has 6 heteroatoms. The van der Waals surface area contributed by atoms with Crippen LogP contribution in [-0.4, -0.2) is 48.4 Å². The molecule has 0 bridgehead atoms. The standard InChI is InChI=1S/C14H18N4O2/c1-10(14(20)18(2)3)17-13(19)12-6-8-16-9-11(12)5-4-7-15/h6,8-10H,7,15H2,1-3H3,(H,17,19). The molecule has 0 radical (unpaired) electrons. The van der Waals surface area contributed by atoms with Crippen LogP contribution in [0.3, 0.4) is 0 Å². The second-order valence-electron chi connectivity index (χ2n) is 4.35. The molecule has 6 nitrogen and oxygen atoms in total. The first-order chi connectivity index (χ1) is 9.47. The van der Waals surface area contributed by atoms with E-state index in [1.54, 1.807) is 27.1 Å². The Morgan fingerprint density at radius 1 is 1.50 bits per heavy atom. The zero-order valence-corrected chi connectivity index (χ0v) is 11.8. The third-order valence-corrected chi connectivity index (χ3v) is 2.55. The molecule has 1 aromatic heterocycles. The van der Waals surface area contributed by atoms with Crippen molar-refractivity contribution in [3.63, 3.8) is 0 Å². The van der Waals surface area contributed by atoms with Crippen molar-refractivity contribution in [1.29, 1.82) is 0 Å². The Bertz CT molecular complexity index is 558. The van der Waals surface area contributed by atoms with Crippen LogP contribution >= 0.6 is 0 Å². The predicted molar refractivity (Wildman–Crippen MR) is 75.8 cm³/mol. The first-order valence-electron chi connectivity index (χ1n) is 6.12. The zero-order chi connectivity index (χ0) is 15.1. The van der Waals surface area contributed by atoms with Gasteiger partial charge in [-0.25, -0.2) is 0 Å². The fourth-order valence-corrected chi connectivity index (χ4v) is 1.56. The number of carbonyl (C=O) groups is 2. The first kappa shape index (κ1) is 15.7. The minimum Gasteiger partial charge on any atom is -0.347 e. The van der Waals surface area contributed by atoms with Gasteiger partial charge in [0.05, 0.1) is 17.7 Å². The van der Waals surface area contributed by atoms with E-state index in [9.17, 15) is 9.59 Å². The number of likely N-dealkylation sites (N-methyl/N-ethyl adjacent to an activating group) is 1. The summed E-state index contributed by atoms with van der Waals surface area (Å²) >= 11 is 0. The maximum absolute atomic E-state index is 12.2. The van der Waals surface area contributed by atoms with Crippen LogP contribution in [0.5, 0.6) is 0 Å². The molecule has 20 heavy (non-hydrogen) atoms. The SMILES string of the molecule is CC(NC(=O)c1ccncc1C#CCN)C(=O)N(C)C. The van der Waals surface area contributed by atoms with Gasteiger partial charge in [-0.3, -0.25) is 14.6 Å². The number of nitrogens with zero attached hydrogens (tertiary/aromatic N) is 2. The van der Waals surface area contributed by atoms with E-state index in [0.29, 0.717) is 11.1 Å². The fraction of sp³-hybridized carbons (Fsp3) is 0.357. The molecule has 1 heterocycles. The summed E-state index contributed by atoms with van der Waals surface area (Å²) in [5.41, 5.74) is 6.17. The second-order valence-corrected chi connectivity index (χ2v) is 4.35. The van der Waals surface area contributed by atoms with Crippen molar-refractivity contribution < 1.29 is 9.59 Å². The average molecular weight is 274 g/mol. The molecule has 1 rings (SSSR count). The van der Waals surface area contributed by atoms with E-state index in [2.05, 4.69) is 22.1 Å². The summed E-state index contributed by atoms with van der Waals surface area (Å²) in [6.07, 6.45) is 3.00. The number of hydrogen-bond donors (Lipinski definition) is 2. The lowest BCUT2D eigenvalue weighted by Crippen LogP contribution is -2.44. The van der Waals surface area contributed by atoms with Gasteiger partial charge in [0.15, 0.2) is 0 Å². The van der Waals surface area contributed by atoms with Crippen molar-refractivity contribution in [2.45, 2.75) is 13.0 Å². The highest BCUT2D eigenvalue weighted by Crippen LogP contribution is 2.06. The normalized spacial score (nSPS) is 11.0. The maximum Gasteiger partial charge on any atom is 0.253 e. The Labute approximate surface area is 118 Å².